The highest BCUT2D eigenvalue weighted by atomic mass is 32.2. The average Bonchev–Trinajstić information content (AvgIpc) is 2.90. The maximum Gasteiger partial charge on any atom is 0.243 e. The average molecular weight is 299 g/mol. The van der Waals surface area contributed by atoms with Crippen LogP contribution >= 0.6 is 0 Å². The van der Waals surface area contributed by atoms with Crippen LogP contribution in [-0.4, -0.2) is 20.6 Å². The monoisotopic (exact) mass is 299 g/mol. The highest BCUT2D eigenvalue weighted by Crippen LogP contribution is 2.16. The van der Waals surface area contributed by atoms with Gasteiger partial charge in [0.1, 0.15) is 10.7 Å². The van der Waals surface area contributed by atoms with Gasteiger partial charge in [-0.2, -0.15) is 0 Å². The zero-order valence-corrected chi connectivity index (χ0v) is 11.6. The Balaban J connectivity index is 2.16. The quantitative estimate of drug-likeness (QED) is 0.831. The molecule has 0 fully saturated rings. The first kappa shape index (κ1) is 14.6. The second-order valence-corrected chi connectivity index (χ2v) is 5.83. The minimum atomic E-state index is -3.93. The second kappa shape index (κ2) is 6.12. The first-order chi connectivity index (χ1) is 9.53. The molecule has 2 N–H and O–H groups in total. The maximum atomic E-state index is 13.9. The predicted molar refractivity (Wildman–Crippen MR) is 69.7 cm³/mol. The van der Waals surface area contributed by atoms with Crippen LogP contribution in [0.2, 0.25) is 0 Å². The van der Waals surface area contributed by atoms with E-state index in [0.29, 0.717) is 17.9 Å². The topological polar surface area (TPSA) is 84.2 Å². The van der Waals surface area contributed by atoms with Crippen molar-refractivity contribution in [3.63, 3.8) is 0 Å². The summed E-state index contributed by atoms with van der Waals surface area (Å²) in [7, 11) is -2.21. The lowest BCUT2D eigenvalue weighted by Crippen LogP contribution is -2.24. The van der Waals surface area contributed by atoms with Crippen LogP contribution in [-0.2, 0) is 23.1 Å². The number of nitrogens with zero attached hydrogens (tertiary/aromatic N) is 1. The fourth-order valence-corrected chi connectivity index (χ4v) is 2.70. The summed E-state index contributed by atoms with van der Waals surface area (Å²) in [6, 6.07) is 5.52. The largest absolute Gasteiger partial charge is 0.360 e. The van der Waals surface area contributed by atoms with Gasteiger partial charge in [-0.25, -0.2) is 17.5 Å². The summed E-state index contributed by atoms with van der Waals surface area (Å²) in [5.41, 5.74) is 0.666. The molecule has 6 nitrogen and oxygen atoms in total. The van der Waals surface area contributed by atoms with Gasteiger partial charge in [0.15, 0.2) is 5.76 Å². The molecule has 108 valence electrons. The molecule has 1 aromatic carbocycles. The van der Waals surface area contributed by atoms with Gasteiger partial charge in [0.25, 0.3) is 0 Å². The molecule has 0 unspecified atom stereocenters. The van der Waals surface area contributed by atoms with Crippen molar-refractivity contribution >= 4 is 10.0 Å². The Morgan fingerprint density at radius 3 is 2.70 bits per heavy atom. The Kier molecular flexibility index (Phi) is 4.48. The van der Waals surface area contributed by atoms with Crippen LogP contribution in [0.5, 0.6) is 0 Å². The van der Waals surface area contributed by atoms with E-state index in [9.17, 15) is 12.8 Å². The number of sulfonamides is 1. The Morgan fingerprint density at radius 2 is 2.10 bits per heavy atom. The number of nitrogens with one attached hydrogen (secondary N) is 2. The van der Waals surface area contributed by atoms with E-state index >= 15 is 0 Å². The lowest BCUT2D eigenvalue weighted by atomic mass is 10.2. The number of hydrogen-bond donors (Lipinski definition) is 2. The SMILES string of the molecule is CNCc1ccc(S(=O)(=O)NCc2ccno2)c(F)c1. The van der Waals surface area contributed by atoms with E-state index in [-0.39, 0.29) is 6.54 Å². The van der Waals surface area contributed by atoms with Gasteiger partial charge in [-0.1, -0.05) is 11.2 Å². The summed E-state index contributed by atoms with van der Waals surface area (Å²) in [6.07, 6.45) is 1.40. The van der Waals surface area contributed by atoms with Crippen molar-refractivity contribution in [2.75, 3.05) is 7.05 Å². The van der Waals surface area contributed by atoms with Crippen LogP contribution in [0, 0.1) is 5.82 Å². The van der Waals surface area contributed by atoms with Crippen molar-refractivity contribution in [3.8, 4) is 0 Å². The van der Waals surface area contributed by atoms with Gasteiger partial charge in [0.2, 0.25) is 10.0 Å². The van der Waals surface area contributed by atoms with Gasteiger partial charge < -0.3 is 9.84 Å². The summed E-state index contributed by atoms with van der Waals surface area (Å²) in [4.78, 5) is -0.392. The molecule has 0 saturated carbocycles. The van der Waals surface area contributed by atoms with Crippen LogP contribution in [0.15, 0.2) is 39.9 Å². The number of benzene rings is 1. The second-order valence-electron chi connectivity index (χ2n) is 4.10. The molecular formula is C12H14FN3O3S. The summed E-state index contributed by atoms with van der Waals surface area (Å²) in [6.45, 7) is 0.378. The summed E-state index contributed by atoms with van der Waals surface area (Å²) in [5.74, 6) is -0.441. The van der Waals surface area contributed by atoms with Crippen LogP contribution < -0.4 is 10.0 Å². The summed E-state index contributed by atoms with van der Waals surface area (Å²) in [5, 5.41) is 6.32. The number of rotatable bonds is 6. The van der Waals surface area contributed by atoms with E-state index in [0.717, 1.165) is 0 Å². The van der Waals surface area contributed by atoms with Gasteiger partial charge in [0, 0.05) is 12.6 Å². The Morgan fingerprint density at radius 1 is 1.30 bits per heavy atom. The predicted octanol–water partition coefficient (Wildman–Crippen LogP) is 1.01. The fourth-order valence-electron chi connectivity index (χ4n) is 1.65. The molecule has 1 heterocycles. The third kappa shape index (κ3) is 3.41. The molecule has 0 atom stereocenters. The molecule has 0 radical (unpaired) electrons. The summed E-state index contributed by atoms with van der Waals surface area (Å²) < 4.78 is 44.8. The molecule has 0 amide bonds. The third-order valence-electron chi connectivity index (χ3n) is 2.59. The first-order valence-electron chi connectivity index (χ1n) is 5.85. The zero-order chi connectivity index (χ0) is 14.6. The minimum Gasteiger partial charge on any atom is -0.360 e. The molecule has 2 rings (SSSR count). The molecule has 2 aromatic rings. The van der Waals surface area contributed by atoms with E-state index in [2.05, 4.69) is 15.2 Å². The molecule has 0 aliphatic carbocycles. The van der Waals surface area contributed by atoms with Crippen LogP contribution in [0.4, 0.5) is 4.39 Å². The van der Waals surface area contributed by atoms with Crippen molar-refractivity contribution in [3.05, 3.63) is 47.6 Å². The van der Waals surface area contributed by atoms with Crippen molar-refractivity contribution in [1.82, 2.24) is 15.2 Å². The smallest absolute Gasteiger partial charge is 0.243 e. The molecule has 20 heavy (non-hydrogen) atoms. The Labute approximate surface area is 116 Å². The Bertz CT molecular complexity index is 671. The normalized spacial score (nSPS) is 11.7. The fraction of sp³-hybridized carbons (Fsp3) is 0.250. The molecule has 0 saturated heterocycles. The third-order valence-corrected chi connectivity index (χ3v) is 4.03. The lowest BCUT2D eigenvalue weighted by molar-refractivity contribution is 0.380. The molecule has 0 bridgehead atoms. The van der Waals surface area contributed by atoms with E-state index < -0.39 is 20.7 Å². The molecule has 1 aromatic heterocycles. The molecule has 0 aliphatic heterocycles. The van der Waals surface area contributed by atoms with Crippen molar-refractivity contribution in [1.29, 1.82) is 0 Å². The van der Waals surface area contributed by atoms with Crippen LogP contribution in [0.3, 0.4) is 0 Å². The van der Waals surface area contributed by atoms with E-state index in [1.807, 2.05) is 0 Å². The van der Waals surface area contributed by atoms with Crippen LogP contribution in [0.25, 0.3) is 0 Å². The van der Waals surface area contributed by atoms with Gasteiger partial charge in [-0.3, -0.25) is 0 Å². The van der Waals surface area contributed by atoms with Gasteiger partial charge in [0.05, 0.1) is 12.7 Å². The Hall–Kier alpha value is -1.77. The zero-order valence-electron chi connectivity index (χ0n) is 10.8. The lowest BCUT2D eigenvalue weighted by Gasteiger charge is -2.08. The highest BCUT2D eigenvalue weighted by Gasteiger charge is 2.19. The van der Waals surface area contributed by atoms with Crippen molar-refractivity contribution < 1.29 is 17.3 Å². The van der Waals surface area contributed by atoms with Gasteiger partial charge >= 0.3 is 0 Å². The summed E-state index contributed by atoms with van der Waals surface area (Å²) >= 11 is 0. The van der Waals surface area contributed by atoms with Crippen molar-refractivity contribution in [2.45, 2.75) is 18.0 Å². The number of hydrogen-bond acceptors (Lipinski definition) is 5. The minimum absolute atomic E-state index is 0.0833. The van der Waals surface area contributed by atoms with E-state index in [1.165, 1.54) is 24.4 Å². The molecule has 8 heteroatoms. The highest BCUT2D eigenvalue weighted by molar-refractivity contribution is 7.89. The maximum absolute atomic E-state index is 13.9. The van der Waals surface area contributed by atoms with Gasteiger partial charge in [-0.05, 0) is 24.7 Å². The van der Waals surface area contributed by atoms with E-state index in [1.54, 1.807) is 13.1 Å². The van der Waals surface area contributed by atoms with Crippen molar-refractivity contribution in [2.24, 2.45) is 0 Å². The standard InChI is InChI=1S/C12H14FN3O3S/c1-14-7-9-2-3-12(11(13)6-9)20(17,18)16-8-10-4-5-15-19-10/h2-6,14,16H,7-8H2,1H3. The molecule has 0 spiro atoms. The molecular weight excluding hydrogens is 285 g/mol. The van der Waals surface area contributed by atoms with Crippen LogP contribution in [0.1, 0.15) is 11.3 Å². The molecule has 0 aliphatic rings. The first-order valence-corrected chi connectivity index (χ1v) is 7.33. The van der Waals surface area contributed by atoms with E-state index in [4.69, 9.17) is 4.52 Å². The number of aromatic nitrogens is 1. The van der Waals surface area contributed by atoms with Gasteiger partial charge in [-0.15, -0.1) is 0 Å². The number of halogens is 1.